The van der Waals surface area contributed by atoms with Crippen molar-refractivity contribution in [2.75, 3.05) is 6.61 Å². The molecule has 1 spiro atoms. The molecule has 0 aromatic rings. The Morgan fingerprint density at radius 3 is 2.44 bits per heavy atom. The largest absolute Gasteiger partial charge is 0.396 e. The molecule has 0 aliphatic heterocycles. The highest BCUT2D eigenvalue weighted by Gasteiger charge is 2.37. The lowest BCUT2D eigenvalue weighted by Gasteiger charge is -2.43. The van der Waals surface area contributed by atoms with Crippen LogP contribution >= 0.6 is 0 Å². The minimum atomic E-state index is -0.0914. The molecule has 2 saturated carbocycles. The molecule has 18 heavy (non-hydrogen) atoms. The molecule has 0 heterocycles. The van der Waals surface area contributed by atoms with Gasteiger partial charge in [0.15, 0.2) is 0 Å². The van der Waals surface area contributed by atoms with Gasteiger partial charge in [0.2, 0.25) is 5.96 Å². The highest BCUT2D eigenvalue weighted by molar-refractivity contribution is 5.86. The molecule has 2 rings (SSSR count). The maximum absolute atomic E-state index is 9.18. The maximum Gasteiger partial charge on any atom is 0.206 e. The van der Waals surface area contributed by atoms with Crippen LogP contribution in [0.3, 0.4) is 0 Å². The molecule has 5 nitrogen and oxygen atoms in total. The summed E-state index contributed by atoms with van der Waals surface area (Å²) in [7, 11) is 0. The molecule has 0 saturated heterocycles. The standard InChI is InChI=1S/C13H24N4O/c14-12(15)17-16-11-3-7-13(8-4-11)5-1-10(9-18)2-6-13/h10,18H,1-9H2,(H4,14,15,17). The number of aliphatic hydroxyl groups excluding tert-OH is 1. The molecule has 5 heteroatoms. The van der Waals surface area contributed by atoms with E-state index < -0.39 is 0 Å². The molecule has 2 fully saturated rings. The molecular weight excluding hydrogens is 228 g/mol. The van der Waals surface area contributed by atoms with Crippen LogP contribution in [0, 0.1) is 16.7 Å². The molecule has 0 amide bonds. The number of hydrogen-bond donors (Lipinski definition) is 4. The summed E-state index contributed by atoms with van der Waals surface area (Å²) in [4.78, 5) is 0. The predicted octanol–water partition coefficient (Wildman–Crippen LogP) is 1.57. The fraction of sp³-hybridized carbons (Fsp3) is 0.846. The lowest BCUT2D eigenvalue weighted by molar-refractivity contribution is 0.0901. The Bertz CT molecular complexity index is 320. The molecule has 102 valence electrons. The van der Waals surface area contributed by atoms with Gasteiger partial charge in [0.1, 0.15) is 0 Å². The number of nitrogens with two attached hydrogens (primary N) is 1. The van der Waals surface area contributed by atoms with E-state index in [1.807, 2.05) is 0 Å². The van der Waals surface area contributed by atoms with Crippen LogP contribution in [0.4, 0.5) is 0 Å². The van der Waals surface area contributed by atoms with E-state index in [0.717, 1.165) is 18.6 Å². The predicted molar refractivity (Wildman–Crippen MR) is 72.4 cm³/mol. The molecule has 0 aromatic carbocycles. The summed E-state index contributed by atoms with van der Waals surface area (Å²) in [6.45, 7) is 0.352. The summed E-state index contributed by atoms with van der Waals surface area (Å²) in [5.41, 5.74) is 9.40. The van der Waals surface area contributed by atoms with Crippen LogP contribution in [0.15, 0.2) is 5.10 Å². The van der Waals surface area contributed by atoms with E-state index in [1.165, 1.54) is 38.5 Å². The van der Waals surface area contributed by atoms with Crippen LogP contribution in [0.2, 0.25) is 0 Å². The van der Waals surface area contributed by atoms with E-state index in [9.17, 15) is 5.11 Å². The van der Waals surface area contributed by atoms with Gasteiger partial charge in [0.25, 0.3) is 0 Å². The van der Waals surface area contributed by atoms with E-state index in [4.69, 9.17) is 11.1 Å². The van der Waals surface area contributed by atoms with Crippen molar-refractivity contribution in [3.63, 3.8) is 0 Å². The molecule has 2 aliphatic carbocycles. The minimum Gasteiger partial charge on any atom is -0.396 e. The van der Waals surface area contributed by atoms with Crippen LogP contribution in [-0.4, -0.2) is 23.4 Å². The fourth-order valence-electron chi connectivity index (χ4n) is 3.29. The fourth-order valence-corrected chi connectivity index (χ4v) is 3.29. The third-order valence-electron chi connectivity index (χ3n) is 4.65. The zero-order chi connectivity index (χ0) is 13.0. The third kappa shape index (κ3) is 3.22. The third-order valence-corrected chi connectivity index (χ3v) is 4.65. The lowest BCUT2D eigenvalue weighted by Crippen LogP contribution is -2.34. The SMILES string of the molecule is N=C(N)NN=C1CCC2(CC1)CCC(CO)CC2. The van der Waals surface area contributed by atoms with Crippen molar-refractivity contribution >= 4 is 11.7 Å². The quantitative estimate of drug-likeness (QED) is 0.341. The molecule has 0 bridgehead atoms. The molecule has 0 unspecified atom stereocenters. The first-order valence-electron chi connectivity index (χ1n) is 6.90. The first-order valence-corrected chi connectivity index (χ1v) is 6.90. The monoisotopic (exact) mass is 252 g/mol. The van der Waals surface area contributed by atoms with Crippen LogP contribution in [-0.2, 0) is 0 Å². The van der Waals surface area contributed by atoms with Crippen LogP contribution in [0.1, 0.15) is 51.4 Å². The van der Waals surface area contributed by atoms with Gasteiger partial charge in [-0.25, -0.2) is 5.43 Å². The first-order chi connectivity index (χ1) is 8.63. The Kier molecular flexibility index (Phi) is 4.22. The summed E-state index contributed by atoms with van der Waals surface area (Å²) in [5, 5.41) is 20.4. The number of hydrazone groups is 1. The molecule has 0 radical (unpaired) electrons. The Morgan fingerprint density at radius 2 is 1.94 bits per heavy atom. The first kappa shape index (κ1) is 13.3. The van der Waals surface area contributed by atoms with Gasteiger partial charge in [0, 0.05) is 12.3 Å². The van der Waals surface area contributed by atoms with E-state index in [2.05, 4.69) is 10.5 Å². The summed E-state index contributed by atoms with van der Waals surface area (Å²) >= 11 is 0. The Morgan fingerprint density at radius 1 is 1.33 bits per heavy atom. The van der Waals surface area contributed by atoms with Gasteiger partial charge in [-0.1, -0.05) is 0 Å². The summed E-state index contributed by atoms with van der Waals surface area (Å²) in [6.07, 6.45) is 9.29. The Balaban J connectivity index is 1.83. The van der Waals surface area contributed by atoms with E-state index in [-0.39, 0.29) is 5.96 Å². The summed E-state index contributed by atoms with van der Waals surface area (Å²) in [5.74, 6) is 0.441. The zero-order valence-corrected chi connectivity index (χ0v) is 10.9. The van der Waals surface area contributed by atoms with Gasteiger partial charge in [-0.15, -0.1) is 0 Å². The average Bonchev–Trinajstić information content (AvgIpc) is 2.39. The average molecular weight is 252 g/mol. The second-order valence-electron chi connectivity index (χ2n) is 5.83. The van der Waals surface area contributed by atoms with E-state index >= 15 is 0 Å². The Hall–Kier alpha value is -1.10. The normalized spacial score (nSPS) is 32.3. The molecule has 2 aliphatic rings. The minimum absolute atomic E-state index is 0.0914. The Labute approximate surface area is 108 Å². The van der Waals surface area contributed by atoms with Crippen molar-refractivity contribution < 1.29 is 5.11 Å². The van der Waals surface area contributed by atoms with Gasteiger partial charge in [-0.2, -0.15) is 5.10 Å². The topological polar surface area (TPSA) is 94.5 Å². The van der Waals surface area contributed by atoms with Gasteiger partial charge >= 0.3 is 0 Å². The van der Waals surface area contributed by atoms with Gasteiger partial charge in [-0.3, -0.25) is 5.41 Å². The zero-order valence-electron chi connectivity index (χ0n) is 10.9. The van der Waals surface area contributed by atoms with Crippen molar-refractivity contribution in [3.05, 3.63) is 0 Å². The van der Waals surface area contributed by atoms with Gasteiger partial charge < -0.3 is 10.8 Å². The van der Waals surface area contributed by atoms with Crippen LogP contribution in [0.5, 0.6) is 0 Å². The van der Waals surface area contributed by atoms with Gasteiger partial charge in [0.05, 0.1) is 0 Å². The second kappa shape index (κ2) is 5.69. The van der Waals surface area contributed by atoms with Crippen molar-refractivity contribution in [1.82, 2.24) is 5.43 Å². The number of aliphatic hydroxyl groups is 1. The van der Waals surface area contributed by atoms with Crippen molar-refractivity contribution in [2.45, 2.75) is 51.4 Å². The molecular formula is C13H24N4O. The molecule has 5 N–H and O–H groups in total. The smallest absolute Gasteiger partial charge is 0.206 e. The number of guanidine groups is 1. The summed E-state index contributed by atoms with van der Waals surface area (Å²) in [6, 6.07) is 0. The number of nitrogens with one attached hydrogen (secondary N) is 2. The van der Waals surface area contributed by atoms with E-state index in [0.29, 0.717) is 17.9 Å². The van der Waals surface area contributed by atoms with Crippen molar-refractivity contribution in [1.29, 1.82) is 5.41 Å². The van der Waals surface area contributed by atoms with Crippen LogP contribution in [0.25, 0.3) is 0 Å². The lowest BCUT2D eigenvalue weighted by atomic mass is 9.63. The van der Waals surface area contributed by atoms with E-state index in [1.54, 1.807) is 0 Å². The second-order valence-corrected chi connectivity index (χ2v) is 5.83. The summed E-state index contributed by atoms with van der Waals surface area (Å²) < 4.78 is 0. The number of hydrogen-bond acceptors (Lipinski definition) is 3. The van der Waals surface area contributed by atoms with Crippen molar-refractivity contribution in [3.8, 4) is 0 Å². The molecule has 0 aromatic heterocycles. The van der Waals surface area contributed by atoms with Gasteiger partial charge in [-0.05, 0) is 62.7 Å². The van der Waals surface area contributed by atoms with Crippen molar-refractivity contribution in [2.24, 2.45) is 22.2 Å². The maximum atomic E-state index is 9.18. The van der Waals surface area contributed by atoms with Crippen LogP contribution < -0.4 is 11.2 Å². The highest BCUT2D eigenvalue weighted by atomic mass is 16.3. The molecule has 0 atom stereocenters. The number of nitrogens with zero attached hydrogens (tertiary/aromatic N) is 1. The number of rotatable bonds is 2. The highest BCUT2D eigenvalue weighted by Crippen LogP contribution is 2.48.